The second-order valence-electron chi connectivity index (χ2n) is 6.80. The van der Waals surface area contributed by atoms with Crippen LogP contribution in [-0.2, 0) is 11.2 Å². The first-order valence-corrected chi connectivity index (χ1v) is 11.0. The van der Waals surface area contributed by atoms with Crippen molar-refractivity contribution in [2.24, 2.45) is 0 Å². The molecule has 6 nitrogen and oxygen atoms in total. The lowest BCUT2D eigenvalue weighted by Crippen LogP contribution is -2.47. The molecule has 0 saturated carbocycles. The molecule has 152 valence electrons. The fraction of sp³-hybridized carbons (Fsp3) is 0.333. The molecule has 29 heavy (non-hydrogen) atoms. The third kappa shape index (κ3) is 4.46. The molecule has 0 aliphatic carbocycles. The number of hydrogen-bond acceptors (Lipinski definition) is 5. The summed E-state index contributed by atoms with van der Waals surface area (Å²) in [5.74, 6) is 2.07. The van der Waals surface area contributed by atoms with Crippen molar-refractivity contribution in [2.45, 2.75) is 12.5 Å². The van der Waals surface area contributed by atoms with E-state index < -0.39 is 6.04 Å². The molecule has 1 saturated heterocycles. The molecule has 1 atom stereocenters. The Morgan fingerprint density at radius 2 is 1.97 bits per heavy atom. The Labute approximate surface area is 178 Å². The Hall–Kier alpha value is -2.38. The molecule has 4 rings (SSSR count). The second kappa shape index (κ2) is 8.97. The van der Waals surface area contributed by atoms with Crippen molar-refractivity contribution in [1.29, 1.82) is 0 Å². The first kappa shape index (κ1) is 19.9. The van der Waals surface area contributed by atoms with E-state index in [0.29, 0.717) is 59.9 Å². The highest BCUT2D eigenvalue weighted by atomic mass is 35.5. The van der Waals surface area contributed by atoms with Crippen LogP contribution < -0.4 is 14.8 Å². The van der Waals surface area contributed by atoms with Crippen molar-refractivity contribution in [3.8, 4) is 11.5 Å². The van der Waals surface area contributed by atoms with Gasteiger partial charge in [0.05, 0.1) is 10.9 Å². The number of fused-ring (bicyclic) bond motifs is 1. The molecular formula is C21H21ClN2O4S. The first-order valence-electron chi connectivity index (χ1n) is 9.43. The molecule has 2 heterocycles. The van der Waals surface area contributed by atoms with Crippen LogP contribution in [0, 0.1) is 0 Å². The molecule has 2 aromatic rings. The van der Waals surface area contributed by atoms with Crippen LogP contribution in [0.4, 0.5) is 0 Å². The van der Waals surface area contributed by atoms with Gasteiger partial charge in [-0.25, -0.2) is 0 Å². The number of carbonyl (C=O) groups is 2. The molecule has 1 N–H and O–H groups in total. The molecule has 2 aromatic carbocycles. The van der Waals surface area contributed by atoms with E-state index in [1.54, 1.807) is 28.8 Å². The average molecular weight is 433 g/mol. The maximum absolute atomic E-state index is 12.7. The maximum Gasteiger partial charge on any atom is 0.255 e. The minimum atomic E-state index is -0.462. The standard InChI is InChI=1S/C21H21ClN2O4S/c22-16-10-14(11-18-19(16)28-9-8-27-18)6-7-23-20(25)17-12-29-13-24(17)21(26)15-4-2-1-3-5-15/h1-5,10-11,17H,6-9,12-13H2,(H,23,25)/t17-/m0/s1. The number of hydrogen-bond donors (Lipinski definition) is 1. The summed E-state index contributed by atoms with van der Waals surface area (Å²) in [6.45, 7) is 1.43. The van der Waals surface area contributed by atoms with Crippen molar-refractivity contribution < 1.29 is 19.1 Å². The van der Waals surface area contributed by atoms with Crippen LogP contribution in [0.1, 0.15) is 15.9 Å². The largest absolute Gasteiger partial charge is 0.486 e. The van der Waals surface area contributed by atoms with Gasteiger partial charge in [0.2, 0.25) is 5.91 Å². The highest BCUT2D eigenvalue weighted by molar-refractivity contribution is 7.99. The summed E-state index contributed by atoms with van der Waals surface area (Å²) < 4.78 is 11.1. The molecule has 0 aromatic heterocycles. The molecule has 0 unspecified atom stereocenters. The Morgan fingerprint density at radius 3 is 2.79 bits per heavy atom. The van der Waals surface area contributed by atoms with Gasteiger partial charge in [-0.15, -0.1) is 11.8 Å². The van der Waals surface area contributed by atoms with Crippen molar-refractivity contribution >= 4 is 35.2 Å². The molecule has 8 heteroatoms. The fourth-order valence-electron chi connectivity index (χ4n) is 3.36. The van der Waals surface area contributed by atoms with Crippen LogP contribution in [0.2, 0.25) is 5.02 Å². The minimum Gasteiger partial charge on any atom is -0.486 e. The van der Waals surface area contributed by atoms with Gasteiger partial charge in [-0.05, 0) is 36.2 Å². The number of ether oxygens (including phenoxy) is 2. The molecule has 2 aliphatic heterocycles. The van der Waals surface area contributed by atoms with E-state index in [-0.39, 0.29) is 11.8 Å². The molecule has 1 fully saturated rings. The molecule has 0 bridgehead atoms. The highest BCUT2D eigenvalue weighted by Crippen LogP contribution is 2.38. The van der Waals surface area contributed by atoms with Gasteiger partial charge < -0.3 is 19.7 Å². The van der Waals surface area contributed by atoms with E-state index >= 15 is 0 Å². The number of benzene rings is 2. The van der Waals surface area contributed by atoms with Gasteiger partial charge in [0, 0.05) is 17.9 Å². The fourth-order valence-corrected chi connectivity index (χ4v) is 4.80. The van der Waals surface area contributed by atoms with Crippen LogP contribution in [0.15, 0.2) is 42.5 Å². The Bertz CT molecular complexity index is 909. The first-order chi connectivity index (χ1) is 14.1. The van der Waals surface area contributed by atoms with E-state index in [0.717, 1.165) is 5.56 Å². The van der Waals surface area contributed by atoms with Crippen LogP contribution in [0.5, 0.6) is 11.5 Å². The number of thioether (sulfide) groups is 1. The topological polar surface area (TPSA) is 67.9 Å². The van der Waals surface area contributed by atoms with Gasteiger partial charge in [-0.3, -0.25) is 9.59 Å². The summed E-state index contributed by atoms with van der Waals surface area (Å²) in [4.78, 5) is 27.1. The Balaban J connectivity index is 1.35. The molecule has 2 amide bonds. The van der Waals surface area contributed by atoms with Crippen LogP contribution in [0.25, 0.3) is 0 Å². The summed E-state index contributed by atoms with van der Waals surface area (Å²) in [6.07, 6.45) is 0.606. The smallest absolute Gasteiger partial charge is 0.255 e. The number of rotatable bonds is 5. The predicted molar refractivity (Wildman–Crippen MR) is 113 cm³/mol. The SMILES string of the molecule is O=C(NCCc1cc(Cl)c2c(c1)OCCO2)[C@@H]1CSCN1C(=O)c1ccccc1. The molecule has 0 spiro atoms. The number of halogens is 1. The average Bonchev–Trinajstić information content (AvgIpc) is 3.24. The number of amides is 2. The second-order valence-corrected chi connectivity index (χ2v) is 8.21. The normalized spacial score (nSPS) is 17.8. The predicted octanol–water partition coefficient (Wildman–Crippen LogP) is 2.99. The van der Waals surface area contributed by atoms with E-state index in [2.05, 4.69) is 5.32 Å². The van der Waals surface area contributed by atoms with Gasteiger partial charge in [0.1, 0.15) is 19.3 Å². The molecular weight excluding hydrogens is 412 g/mol. The van der Waals surface area contributed by atoms with Crippen LogP contribution >= 0.6 is 23.4 Å². The lowest BCUT2D eigenvalue weighted by atomic mass is 10.1. The molecule has 2 aliphatic rings. The van der Waals surface area contributed by atoms with Gasteiger partial charge in [-0.2, -0.15) is 0 Å². The van der Waals surface area contributed by atoms with E-state index in [4.69, 9.17) is 21.1 Å². The summed E-state index contributed by atoms with van der Waals surface area (Å²) in [6, 6.07) is 12.3. The minimum absolute atomic E-state index is 0.116. The van der Waals surface area contributed by atoms with E-state index in [1.807, 2.05) is 30.3 Å². The van der Waals surface area contributed by atoms with Gasteiger partial charge in [0.25, 0.3) is 5.91 Å². The Morgan fingerprint density at radius 1 is 1.17 bits per heavy atom. The van der Waals surface area contributed by atoms with Crippen molar-refractivity contribution in [2.75, 3.05) is 31.4 Å². The zero-order chi connectivity index (χ0) is 20.2. The van der Waals surface area contributed by atoms with E-state index in [1.165, 1.54) is 0 Å². The van der Waals surface area contributed by atoms with Crippen molar-refractivity contribution in [1.82, 2.24) is 10.2 Å². The third-order valence-corrected chi connectivity index (χ3v) is 6.13. The summed E-state index contributed by atoms with van der Waals surface area (Å²) in [5, 5.41) is 3.46. The quantitative estimate of drug-likeness (QED) is 0.786. The Kier molecular flexibility index (Phi) is 6.16. The zero-order valence-electron chi connectivity index (χ0n) is 15.7. The number of nitrogens with zero attached hydrogens (tertiary/aromatic N) is 1. The van der Waals surface area contributed by atoms with Crippen LogP contribution in [-0.4, -0.2) is 54.1 Å². The zero-order valence-corrected chi connectivity index (χ0v) is 17.3. The summed E-state index contributed by atoms with van der Waals surface area (Å²) in [5.41, 5.74) is 1.55. The lowest BCUT2D eigenvalue weighted by Gasteiger charge is -2.23. The number of nitrogens with one attached hydrogen (secondary N) is 1. The maximum atomic E-state index is 12.7. The van der Waals surface area contributed by atoms with Gasteiger partial charge in [0.15, 0.2) is 11.5 Å². The monoisotopic (exact) mass is 432 g/mol. The number of carbonyl (C=O) groups excluding carboxylic acids is 2. The summed E-state index contributed by atoms with van der Waals surface area (Å²) >= 11 is 7.85. The van der Waals surface area contributed by atoms with E-state index in [9.17, 15) is 9.59 Å². The highest BCUT2D eigenvalue weighted by Gasteiger charge is 2.34. The van der Waals surface area contributed by atoms with Crippen molar-refractivity contribution in [3.05, 3.63) is 58.6 Å². The van der Waals surface area contributed by atoms with Crippen LogP contribution in [0.3, 0.4) is 0 Å². The molecule has 0 radical (unpaired) electrons. The van der Waals surface area contributed by atoms with Gasteiger partial charge >= 0.3 is 0 Å². The lowest BCUT2D eigenvalue weighted by molar-refractivity contribution is -0.124. The third-order valence-electron chi connectivity index (χ3n) is 4.84. The summed E-state index contributed by atoms with van der Waals surface area (Å²) in [7, 11) is 0. The van der Waals surface area contributed by atoms with Crippen molar-refractivity contribution in [3.63, 3.8) is 0 Å². The van der Waals surface area contributed by atoms with Gasteiger partial charge in [-0.1, -0.05) is 29.8 Å².